The maximum absolute atomic E-state index is 11.9. The van der Waals surface area contributed by atoms with Gasteiger partial charge in [0.25, 0.3) is 0 Å². The minimum absolute atomic E-state index is 0.0298. The van der Waals surface area contributed by atoms with Crippen LogP contribution in [0.3, 0.4) is 0 Å². The van der Waals surface area contributed by atoms with Crippen molar-refractivity contribution in [1.29, 1.82) is 0 Å². The molecule has 3 N–H and O–H groups in total. The molecule has 1 aliphatic carbocycles. The molecule has 0 aromatic heterocycles. The number of aliphatic hydroxyl groups excluding tert-OH is 1. The highest BCUT2D eigenvalue weighted by Gasteiger charge is 2.48. The summed E-state index contributed by atoms with van der Waals surface area (Å²) in [6, 6.07) is -0.420. The van der Waals surface area contributed by atoms with Crippen molar-refractivity contribution < 1.29 is 9.90 Å². The van der Waals surface area contributed by atoms with Gasteiger partial charge in [-0.15, -0.1) is 0 Å². The Balaban J connectivity index is 2.10. The van der Waals surface area contributed by atoms with Crippen LogP contribution < -0.4 is 5.73 Å². The first-order valence-electron chi connectivity index (χ1n) is 6.24. The molecule has 2 rings (SSSR count). The lowest BCUT2D eigenvalue weighted by atomic mass is 9.77. The summed E-state index contributed by atoms with van der Waals surface area (Å²) >= 11 is 0. The molecular formula is C12H22N2O2. The first kappa shape index (κ1) is 11.9. The lowest BCUT2D eigenvalue weighted by Gasteiger charge is -2.28. The fourth-order valence-corrected chi connectivity index (χ4v) is 3.39. The summed E-state index contributed by atoms with van der Waals surface area (Å²) in [4.78, 5) is 13.7. The van der Waals surface area contributed by atoms with Crippen molar-refractivity contribution in [2.45, 2.75) is 38.6 Å². The van der Waals surface area contributed by atoms with Crippen molar-refractivity contribution in [1.82, 2.24) is 4.90 Å². The van der Waals surface area contributed by atoms with Gasteiger partial charge in [0, 0.05) is 25.6 Å². The molecule has 2 atom stereocenters. The zero-order chi connectivity index (χ0) is 11.8. The lowest BCUT2D eigenvalue weighted by molar-refractivity contribution is -0.131. The van der Waals surface area contributed by atoms with Crippen LogP contribution in [0.5, 0.6) is 0 Å². The van der Waals surface area contributed by atoms with E-state index in [0.717, 1.165) is 19.4 Å². The van der Waals surface area contributed by atoms with E-state index in [9.17, 15) is 9.90 Å². The summed E-state index contributed by atoms with van der Waals surface area (Å²) < 4.78 is 0. The van der Waals surface area contributed by atoms with Crippen LogP contribution in [-0.4, -0.2) is 41.7 Å². The van der Waals surface area contributed by atoms with Gasteiger partial charge in [0.2, 0.25) is 5.91 Å². The molecule has 0 aromatic rings. The van der Waals surface area contributed by atoms with Crippen LogP contribution >= 0.6 is 0 Å². The number of hydrogen-bond acceptors (Lipinski definition) is 3. The van der Waals surface area contributed by atoms with Crippen LogP contribution in [-0.2, 0) is 4.79 Å². The van der Waals surface area contributed by atoms with Gasteiger partial charge in [0.05, 0.1) is 6.04 Å². The van der Waals surface area contributed by atoms with Crippen molar-refractivity contribution >= 4 is 5.91 Å². The lowest BCUT2D eigenvalue weighted by Crippen LogP contribution is -2.41. The third kappa shape index (κ3) is 1.84. The summed E-state index contributed by atoms with van der Waals surface area (Å²) in [5.41, 5.74) is 5.83. The molecule has 1 amide bonds. The number of likely N-dealkylation sites (tertiary alicyclic amines) is 1. The Hall–Kier alpha value is -0.610. The van der Waals surface area contributed by atoms with Crippen molar-refractivity contribution in [3.8, 4) is 0 Å². The number of rotatable bonds is 2. The van der Waals surface area contributed by atoms with E-state index in [-0.39, 0.29) is 23.8 Å². The van der Waals surface area contributed by atoms with Crippen molar-refractivity contribution in [2.24, 2.45) is 17.1 Å². The summed E-state index contributed by atoms with van der Waals surface area (Å²) in [6.45, 7) is 3.42. The molecule has 1 saturated heterocycles. The van der Waals surface area contributed by atoms with Gasteiger partial charge in [-0.2, -0.15) is 0 Å². The summed E-state index contributed by atoms with van der Waals surface area (Å²) in [5.74, 6) is 0.292. The zero-order valence-electron chi connectivity index (χ0n) is 9.98. The predicted molar refractivity (Wildman–Crippen MR) is 61.7 cm³/mol. The second-order valence-corrected chi connectivity index (χ2v) is 5.46. The quantitative estimate of drug-likeness (QED) is 0.714. The van der Waals surface area contributed by atoms with Gasteiger partial charge in [0.1, 0.15) is 0 Å². The van der Waals surface area contributed by atoms with Gasteiger partial charge in [0.15, 0.2) is 0 Å². The van der Waals surface area contributed by atoms with Crippen LogP contribution in [0.1, 0.15) is 32.6 Å². The molecule has 1 heterocycles. The molecule has 0 unspecified atom stereocenters. The first-order valence-corrected chi connectivity index (χ1v) is 6.24. The van der Waals surface area contributed by atoms with E-state index < -0.39 is 6.04 Å². The fourth-order valence-electron chi connectivity index (χ4n) is 3.39. The second-order valence-electron chi connectivity index (χ2n) is 5.46. The summed E-state index contributed by atoms with van der Waals surface area (Å²) in [6.07, 6.45) is 4.77. The van der Waals surface area contributed by atoms with Crippen molar-refractivity contribution in [3.05, 3.63) is 0 Å². The highest BCUT2D eigenvalue weighted by atomic mass is 16.3. The van der Waals surface area contributed by atoms with E-state index >= 15 is 0 Å². The predicted octanol–water partition coefficient (Wildman–Crippen LogP) is 0.345. The van der Waals surface area contributed by atoms with E-state index in [0.29, 0.717) is 6.54 Å². The molecule has 0 aromatic carbocycles. The number of nitrogens with zero attached hydrogens (tertiary/aromatic N) is 1. The number of carbonyl (C=O) groups is 1. The Morgan fingerprint density at radius 2 is 2.19 bits per heavy atom. The Morgan fingerprint density at radius 1 is 1.56 bits per heavy atom. The molecule has 1 saturated carbocycles. The number of amides is 1. The Labute approximate surface area is 96.8 Å². The molecule has 1 spiro atoms. The Bertz CT molecular complexity index is 272. The third-order valence-electron chi connectivity index (χ3n) is 4.33. The molecule has 1 aliphatic heterocycles. The number of nitrogens with two attached hydrogens (primary N) is 1. The molecule has 4 nitrogen and oxygen atoms in total. The molecule has 92 valence electrons. The monoisotopic (exact) mass is 226 g/mol. The Morgan fingerprint density at radius 3 is 2.69 bits per heavy atom. The van der Waals surface area contributed by atoms with E-state index in [2.05, 4.69) is 0 Å². The van der Waals surface area contributed by atoms with Gasteiger partial charge in [-0.1, -0.05) is 12.8 Å². The smallest absolute Gasteiger partial charge is 0.239 e. The van der Waals surface area contributed by atoms with Gasteiger partial charge in [-0.25, -0.2) is 0 Å². The molecule has 0 radical (unpaired) electrons. The van der Waals surface area contributed by atoms with Crippen LogP contribution in [0.25, 0.3) is 0 Å². The molecule has 0 bridgehead atoms. The van der Waals surface area contributed by atoms with Gasteiger partial charge >= 0.3 is 0 Å². The third-order valence-corrected chi connectivity index (χ3v) is 4.33. The highest BCUT2D eigenvalue weighted by molar-refractivity contribution is 5.81. The molecule has 16 heavy (non-hydrogen) atoms. The van der Waals surface area contributed by atoms with E-state index in [1.165, 1.54) is 12.8 Å². The minimum Gasteiger partial charge on any atom is -0.396 e. The summed E-state index contributed by atoms with van der Waals surface area (Å²) in [7, 11) is 0. The molecule has 2 fully saturated rings. The van der Waals surface area contributed by atoms with Crippen molar-refractivity contribution in [2.75, 3.05) is 19.7 Å². The first-order chi connectivity index (χ1) is 7.59. The summed E-state index contributed by atoms with van der Waals surface area (Å²) in [5, 5.41) is 9.46. The minimum atomic E-state index is -0.420. The average molecular weight is 226 g/mol. The second kappa shape index (κ2) is 4.34. The highest BCUT2D eigenvalue weighted by Crippen LogP contribution is 2.48. The van der Waals surface area contributed by atoms with Gasteiger partial charge in [-0.3, -0.25) is 4.79 Å². The standard InChI is InChI=1S/C12H22N2O2/c1-9(13)11(16)14-6-10(7-15)12(8-14)4-2-3-5-12/h9-10,15H,2-8,13H2,1H3/t9-,10-/m1/s1. The topological polar surface area (TPSA) is 66.6 Å². The van der Waals surface area contributed by atoms with Crippen LogP contribution in [0, 0.1) is 11.3 Å². The van der Waals surface area contributed by atoms with Crippen LogP contribution in [0.15, 0.2) is 0 Å². The maximum atomic E-state index is 11.9. The largest absolute Gasteiger partial charge is 0.396 e. The number of aliphatic hydroxyl groups is 1. The number of carbonyl (C=O) groups excluding carboxylic acids is 1. The van der Waals surface area contributed by atoms with E-state index in [4.69, 9.17) is 5.73 Å². The zero-order valence-corrected chi connectivity index (χ0v) is 9.98. The number of hydrogen-bond donors (Lipinski definition) is 2. The SMILES string of the molecule is C[C@@H](N)C(=O)N1C[C@H](CO)C2(CCCC2)C1. The molecule has 2 aliphatic rings. The van der Waals surface area contributed by atoms with Gasteiger partial charge < -0.3 is 15.7 Å². The van der Waals surface area contributed by atoms with Crippen molar-refractivity contribution in [3.63, 3.8) is 0 Å². The fraction of sp³-hybridized carbons (Fsp3) is 0.917. The Kier molecular flexibility index (Phi) is 3.22. The van der Waals surface area contributed by atoms with Crippen LogP contribution in [0.4, 0.5) is 0 Å². The maximum Gasteiger partial charge on any atom is 0.239 e. The normalized spacial score (nSPS) is 29.9. The molecule has 4 heteroatoms. The van der Waals surface area contributed by atoms with Crippen LogP contribution in [0.2, 0.25) is 0 Å². The van der Waals surface area contributed by atoms with E-state index in [1.807, 2.05) is 4.90 Å². The van der Waals surface area contributed by atoms with Gasteiger partial charge in [-0.05, 0) is 25.2 Å². The average Bonchev–Trinajstić information content (AvgIpc) is 2.86. The van der Waals surface area contributed by atoms with E-state index in [1.54, 1.807) is 6.92 Å². The molecular weight excluding hydrogens is 204 g/mol.